The van der Waals surface area contributed by atoms with Gasteiger partial charge in [-0.25, -0.2) is 4.39 Å². The van der Waals surface area contributed by atoms with Gasteiger partial charge in [-0.2, -0.15) is 0 Å². The Balaban J connectivity index is 2.42. The fourth-order valence-corrected chi connectivity index (χ4v) is 2.85. The molecule has 0 aliphatic heterocycles. The third kappa shape index (κ3) is 3.16. The van der Waals surface area contributed by atoms with Crippen molar-refractivity contribution >= 4 is 23.2 Å². The van der Waals surface area contributed by atoms with E-state index in [4.69, 9.17) is 23.2 Å². The van der Waals surface area contributed by atoms with Crippen LogP contribution in [-0.4, -0.2) is 0 Å². The highest BCUT2D eigenvalue weighted by molar-refractivity contribution is 6.30. The second kappa shape index (κ2) is 6.60. The molecular formula is C17H17Cl2F. The Bertz CT molecular complexity index is 608. The number of halogens is 3. The van der Waals surface area contributed by atoms with Crippen LogP contribution in [0.5, 0.6) is 0 Å². The molecule has 3 heteroatoms. The summed E-state index contributed by atoms with van der Waals surface area (Å²) in [6, 6.07) is 10.6. The topological polar surface area (TPSA) is 0 Å². The van der Waals surface area contributed by atoms with Gasteiger partial charge in [0.1, 0.15) is 5.82 Å². The lowest BCUT2D eigenvalue weighted by molar-refractivity contribution is 0.612. The van der Waals surface area contributed by atoms with E-state index in [0.29, 0.717) is 10.6 Å². The van der Waals surface area contributed by atoms with Crippen LogP contribution in [0.3, 0.4) is 0 Å². The van der Waals surface area contributed by atoms with Gasteiger partial charge >= 0.3 is 0 Å². The molecule has 1 unspecified atom stereocenters. The molecule has 0 fully saturated rings. The van der Waals surface area contributed by atoms with Crippen LogP contribution in [0.4, 0.5) is 4.39 Å². The highest BCUT2D eigenvalue weighted by atomic mass is 35.5. The average molecular weight is 311 g/mol. The van der Waals surface area contributed by atoms with Crippen molar-refractivity contribution in [3.8, 4) is 0 Å². The lowest BCUT2D eigenvalue weighted by atomic mass is 9.96. The van der Waals surface area contributed by atoms with E-state index in [1.54, 1.807) is 6.07 Å². The maximum absolute atomic E-state index is 13.9. The second-order valence-electron chi connectivity index (χ2n) is 4.76. The van der Waals surface area contributed by atoms with Crippen molar-refractivity contribution in [3.05, 3.63) is 69.5 Å². The first-order valence-electron chi connectivity index (χ1n) is 6.77. The molecule has 2 rings (SSSR count). The zero-order chi connectivity index (χ0) is 14.7. The van der Waals surface area contributed by atoms with E-state index in [0.717, 1.165) is 18.4 Å². The van der Waals surface area contributed by atoms with Crippen molar-refractivity contribution in [2.45, 2.75) is 32.1 Å². The maximum Gasteiger partial charge on any atom is 0.128 e. The van der Waals surface area contributed by atoms with E-state index < -0.39 is 5.38 Å². The molecule has 0 aliphatic carbocycles. The first-order valence-corrected chi connectivity index (χ1v) is 7.59. The van der Waals surface area contributed by atoms with E-state index in [1.165, 1.54) is 23.3 Å². The Kier molecular flexibility index (Phi) is 5.06. The maximum atomic E-state index is 13.9. The molecule has 0 radical (unpaired) electrons. The minimum atomic E-state index is -0.523. The molecule has 2 aromatic rings. The molecule has 0 amide bonds. The van der Waals surface area contributed by atoms with E-state index in [1.807, 2.05) is 6.07 Å². The molecule has 0 aromatic heterocycles. The summed E-state index contributed by atoms with van der Waals surface area (Å²) >= 11 is 12.4. The van der Waals surface area contributed by atoms with Crippen molar-refractivity contribution in [1.29, 1.82) is 0 Å². The van der Waals surface area contributed by atoms with Gasteiger partial charge < -0.3 is 0 Å². The van der Waals surface area contributed by atoms with Gasteiger partial charge in [-0.1, -0.05) is 43.6 Å². The summed E-state index contributed by atoms with van der Waals surface area (Å²) in [4.78, 5) is 0. The quantitative estimate of drug-likeness (QED) is 0.614. The summed E-state index contributed by atoms with van der Waals surface area (Å²) in [6.45, 7) is 4.24. The molecule has 1 atom stereocenters. The van der Waals surface area contributed by atoms with Crippen molar-refractivity contribution in [2.75, 3.05) is 0 Å². The van der Waals surface area contributed by atoms with Gasteiger partial charge in [0.25, 0.3) is 0 Å². The van der Waals surface area contributed by atoms with Crippen LogP contribution >= 0.6 is 23.2 Å². The molecule has 0 saturated carbocycles. The smallest absolute Gasteiger partial charge is 0.128 e. The zero-order valence-corrected chi connectivity index (χ0v) is 13.1. The summed E-state index contributed by atoms with van der Waals surface area (Å²) in [5, 5.41) is -0.0298. The van der Waals surface area contributed by atoms with E-state index >= 15 is 0 Å². The van der Waals surface area contributed by atoms with Gasteiger partial charge in [-0.05, 0) is 47.7 Å². The van der Waals surface area contributed by atoms with Crippen LogP contribution in [0.2, 0.25) is 5.02 Å². The Morgan fingerprint density at radius 1 is 1.00 bits per heavy atom. The SMILES string of the molecule is CCc1ccc(C(Cl)c2cc(Cl)ccc2F)cc1CC. The third-order valence-corrected chi connectivity index (χ3v) is 4.24. The standard InChI is InChI=1S/C17H17Cl2F/c1-3-11-5-6-13(9-12(11)4-2)17(19)15-10-14(18)7-8-16(15)20/h5-10,17H,3-4H2,1-2H3. The van der Waals surface area contributed by atoms with Gasteiger partial charge in [0.15, 0.2) is 0 Å². The highest BCUT2D eigenvalue weighted by Gasteiger charge is 2.16. The van der Waals surface area contributed by atoms with Crippen LogP contribution in [0.15, 0.2) is 36.4 Å². The lowest BCUT2D eigenvalue weighted by Crippen LogP contribution is -2.00. The fourth-order valence-electron chi connectivity index (χ4n) is 2.37. The molecule has 2 aromatic carbocycles. The number of rotatable bonds is 4. The highest BCUT2D eigenvalue weighted by Crippen LogP contribution is 2.33. The van der Waals surface area contributed by atoms with Crippen LogP contribution in [0, 0.1) is 5.82 Å². The Morgan fingerprint density at radius 3 is 2.35 bits per heavy atom. The Hall–Kier alpha value is -1.05. The summed E-state index contributed by atoms with van der Waals surface area (Å²) < 4.78 is 13.9. The molecule has 20 heavy (non-hydrogen) atoms. The number of aryl methyl sites for hydroxylation is 2. The molecule has 0 nitrogen and oxygen atoms in total. The van der Waals surface area contributed by atoms with Gasteiger partial charge in [0.2, 0.25) is 0 Å². The average Bonchev–Trinajstić information content (AvgIpc) is 2.48. The number of alkyl halides is 1. The lowest BCUT2D eigenvalue weighted by Gasteiger charge is -2.15. The van der Waals surface area contributed by atoms with E-state index in [9.17, 15) is 4.39 Å². The minimum Gasteiger partial charge on any atom is -0.207 e. The Labute approximate surface area is 129 Å². The van der Waals surface area contributed by atoms with E-state index in [-0.39, 0.29) is 5.82 Å². The molecule has 0 saturated heterocycles. The van der Waals surface area contributed by atoms with Gasteiger partial charge in [0, 0.05) is 10.6 Å². The predicted octanol–water partition coefficient (Wildman–Crippen LogP) is 5.93. The molecule has 106 valence electrons. The van der Waals surface area contributed by atoms with Crippen molar-refractivity contribution in [1.82, 2.24) is 0 Å². The Morgan fingerprint density at radius 2 is 1.70 bits per heavy atom. The van der Waals surface area contributed by atoms with Crippen LogP contribution in [0.25, 0.3) is 0 Å². The summed E-state index contributed by atoms with van der Waals surface area (Å²) in [5.41, 5.74) is 3.90. The van der Waals surface area contributed by atoms with Crippen molar-refractivity contribution in [3.63, 3.8) is 0 Å². The van der Waals surface area contributed by atoms with Gasteiger partial charge in [-0.15, -0.1) is 11.6 Å². The minimum absolute atomic E-state index is 0.327. The third-order valence-electron chi connectivity index (χ3n) is 3.52. The first kappa shape index (κ1) is 15.3. The van der Waals surface area contributed by atoms with Crippen LogP contribution < -0.4 is 0 Å². The number of hydrogen-bond donors (Lipinski definition) is 0. The fraction of sp³-hybridized carbons (Fsp3) is 0.294. The summed E-state index contributed by atoms with van der Waals surface area (Å²) in [5.74, 6) is -0.327. The molecule has 0 bridgehead atoms. The van der Waals surface area contributed by atoms with E-state index in [2.05, 4.69) is 26.0 Å². The first-order chi connectivity index (χ1) is 9.56. The summed E-state index contributed by atoms with van der Waals surface area (Å²) in [7, 11) is 0. The van der Waals surface area contributed by atoms with Crippen LogP contribution in [0.1, 0.15) is 41.5 Å². The van der Waals surface area contributed by atoms with Crippen LogP contribution in [-0.2, 0) is 12.8 Å². The second-order valence-corrected chi connectivity index (χ2v) is 5.64. The molecule has 0 aliphatic rings. The molecule has 0 heterocycles. The van der Waals surface area contributed by atoms with Crippen molar-refractivity contribution in [2.24, 2.45) is 0 Å². The normalized spacial score (nSPS) is 12.4. The number of benzene rings is 2. The monoisotopic (exact) mass is 310 g/mol. The molecule has 0 N–H and O–H groups in total. The number of hydrogen-bond acceptors (Lipinski definition) is 0. The van der Waals surface area contributed by atoms with Gasteiger partial charge in [0.05, 0.1) is 5.38 Å². The van der Waals surface area contributed by atoms with Gasteiger partial charge in [-0.3, -0.25) is 0 Å². The summed E-state index contributed by atoms with van der Waals surface area (Å²) in [6.07, 6.45) is 1.93. The zero-order valence-electron chi connectivity index (χ0n) is 11.6. The predicted molar refractivity (Wildman–Crippen MR) is 84.3 cm³/mol. The molecule has 0 spiro atoms. The van der Waals surface area contributed by atoms with Crippen molar-refractivity contribution < 1.29 is 4.39 Å². The molecular weight excluding hydrogens is 294 g/mol. The largest absolute Gasteiger partial charge is 0.207 e.